The van der Waals surface area contributed by atoms with E-state index in [1.165, 1.54) is 26.2 Å². The number of hydroxylamine groups is 2. The van der Waals surface area contributed by atoms with Gasteiger partial charge in [-0.1, -0.05) is 41.7 Å². The van der Waals surface area contributed by atoms with Gasteiger partial charge in [-0.2, -0.15) is 8.78 Å². The second-order valence-electron chi connectivity index (χ2n) is 6.80. The molecule has 0 spiro atoms. The number of nitrogens with zero attached hydrogens (tertiary/aromatic N) is 2. The van der Waals surface area contributed by atoms with Crippen LogP contribution in [0.1, 0.15) is 53.5 Å². The van der Waals surface area contributed by atoms with Gasteiger partial charge in [-0.15, -0.1) is 5.06 Å². The summed E-state index contributed by atoms with van der Waals surface area (Å²) < 4.78 is 56.3. The highest BCUT2D eigenvalue weighted by atomic mass is 19.2. The Morgan fingerprint density at radius 2 is 1.24 bits per heavy atom. The summed E-state index contributed by atoms with van der Waals surface area (Å²) in [5.74, 6) is -8.82. The first kappa shape index (κ1) is 41.1. The molecule has 0 aliphatic carbocycles. The van der Waals surface area contributed by atoms with E-state index >= 15 is 0 Å². The summed E-state index contributed by atoms with van der Waals surface area (Å²) >= 11 is 0. The van der Waals surface area contributed by atoms with Crippen LogP contribution >= 0.6 is 0 Å². The molecule has 2 heterocycles. The van der Waals surface area contributed by atoms with Gasteiger partial charge in [0.2, 0.25) is 17.4 Å². The standard InChI is InChI=1S/C9H7F4NO2.C7H10N2O3.C5H5NO2.2C2H6.CH4/c1-3-4(10)6(12)8(7(13)5(3)11)16-9(15)14-2;1-5-3-4-6(10)9(5)12-7(11)8-2;1-6-4(7)2-3-5(6)8;2*1-2;/h1-2H3,(H,14,15);1,3-4H2,2H3,(H,8,11);2-3H,1H3;2*1-2H3;1H4. The first-order chi connectivity index (χ1) is 18.8. The fraction of sp³-hybridized carbons (Fsp3) is 0.423. The van der Waals surface area contributed by atoms with Crippen molar-refractivity contribution in [3.63, 3.8) is 0 Å². The Kier molecular flexibility index (Phi) is 20.5. The van der Waals surface area contributed by atoms with Crippen LogP contribution in [0.4, 0.5) is 27.2 Å². The van der Waals surface area contributed by atoms with Gasteiger partial charge in [-0.05, 0) is 13.3 Å². The molecule has 0 unspecified atom stereocenters. The molecule has 15 heteroatoms. The van der Waals surface area contributed by atoms with Crippen molar-refractivity contribution in [2.45, 2.75) is 54.9 Å². The Morgan fingerprint density at radius 3 is 1.54 bits per heavy atom. The number of carbonyl (C=O) groups is 5. The molecule has 1 aromatic rings. The second-order valence-corrected chi connectivity index (χ2v) is 6.80. The van der Waals surface area contributed by atoms with E-state index in [2.05, 4.69) is 21.5 Å². The Morgan fingerprint density at radius 1 is 0.829 bits per heavy atom. The molecule has 1 fully saturated rings. The predicted octanol–water partition coefficient (Wildman–Crippen LogP) is 4.89. The maximum absolute atomic E-state index is 13.1. The van der Waals surface area contributed by atoms with E-state index in [4.69, 9.17) is 0 Å². The number of amides is 5. The van der Waals surface area contributed by atoms with Crippen LogP contribution in [-0.4, -0.2) is 61.0 Å². The largest absolute Gasteiger partial charge is 0.431 e. The highest BCUT2D eigenvalue weighted by Gasteiger charge is 2.28. The van der Waals surface area contributed by atoms with Gasteiger partial charge >= 0.3 is 12.2 Å². The molecule has 2 aliphatic rings. The predicted molar refractivity (Wildman–Crippen MR) is 143 cm³/mol. The highest BCUT2D eigenvalue weighted by molar-refractivity contribution is 6.12. The van der Waals surface area contributed by atoms with E-state index < -0.39 is 46.8 Å². The molecule has 0 radical (unpaired) electrons. The molecule has 2 N–H and O–H groups in total. The Balaban J connectivity index is -0.000000512. The zero-order valence-electron chi connectivity index (χ0n) is 23.5. The van der Waals surface area contributed by atoms with Crippen LogP contribution in [0.3, 0.4) is 0 Å². The SMILES string of the molecule is C.C=C1CCC(=O)N1OC(=O)NC.CC.CC.CN1C(=O)C=CC1=O.CNC(=O)Oc1c(F)c(F)c(C)c(F)c1F. The highest BCUT2D eigenvalue weighted by Crippen LogP contribution is 2.29. The summed E-state index contributed by atoms with van der Waals surface area (Å²) in [7, 11) is 4.00. The summed E-state index contributed by atoms with van der Waals surface area (Å²) in [5, 5.41) is 5.05. The zero-order valence-corrected chi connectivity index (χ0v) is 23.5. The number of hydrogen-bond acceptors (Lipinski definition) is 7. The van der Waals surface area contributed by atoms with Crippen LogP contribution in [0.5, 0.6) is 5.75 Å². The van der Waals surface area contributed by atoms with E-state index in [1.54, 1.807) is 0 Å². The van der Waals surface area contributed by atoms with E-state index in [9.17, 15) is 41.5 Å². The van der Waals surface area contributed by atoms with Gasteiger partial charge in [0.15, 0.2) is 11.6 Å². The number of likely N-dealkylation sites (N-methyl/N-ethyl adjacent to an activating group) is 1. The van der Waals surface area contributed by atoms with Crippen molar-refractivity contribution in [2.75, 3.05) is 21.1 Å². The summed E-state index contributed by atoms with van der Waals surface area (Å²) in [5.41, 5.74) is -0.303. The molecule has 1 aromatic carbocycles. The van der Waals surface area contributed by atoms with Gasteiger partial charge in [-0.25, -0.2) is 18.4 Å². The smallest absolute Gasteiger partial charge is 0.404 e. The lowest BCUT2D eigenvalue weighted by atomic mass is 10.2. The van der Waals surface area contributed by atoms with Crippen molar-refractivity contribution in [1.82, 2.24) is 20.6 Å². The average molecular weight is 595 g/mol. The zero-order chi connectivity index (χ0) is 31.7. The van der Waals surface area contributed by atoms with Gasteiger partial charge < -0.3 is 20.2 Å². The minimum Gasteiger partial charge on any atom is -0.404 e. The molecular weight excluding hydrogens is 556 g/mol. The lowest BCUT2D eigenvalue weighted by Gasteiger charge is -2.14. The van der Waals surface area contributed by atoms with E-state index in [1.807, 2.05) is 33.0 Å². The minimum absolute atomic E-state index is 0. The summed E-state index contributed by atoms with van der Waals surface area (Å²) in [4.78, 5) is 58.8. The molecule has 2 aliphatic heterocycles. The minimum atomic E-state index is -1.75. The van der Waals surface area contributed by atoms with Crippen LogP contribution in [0.25, 0.3) is 0 Å². The van der Waals surface area contributed by atoms with Crippen molar-refractivity contribution in [3.05, 3.63) is 53.3 Å². The summed E-state index contributed by atoms with van der Waals surface area (Å²) in [6, 6.07) is 0. The van der Waals surface area contributed by atoms with E-state index in [0.717, 1.165) is 23.9 Å². The Labute approximate surface area is 237 Å². The third-order valence-corrected chi connectivity index (χ3v) is 4.39. The first-order valence-electron chi connectivity index (χ1n) is 11.9. The maximum atomic E-state index is 13.1. The molecule has 11 nitrogen and oxygen atoms in total. The van der Waals surface area contributed by atoms with Crippen molar-refractivity contribution >= 4 is 29.9 Å². The van der Waals surface area contributed by atoms with Gasteiger partial charge in [0.25, 0.3) is 17.7 Å². The van der Waals surface area contributed by atoms with Crippen LogP contribution < -0.4 is 15.4 Å². The Hall–Kier alpha value is -4.43. The van der Waals surface area contributed by atoms with Crippen molar-refractivity contribution in [1.29, 1.82) is 0 Å². The molecule has 5 amide bonds. The topological polar surface area (TPSA) is 134 Å². The number of halogens is 4. The Bertz CT molecular complexity index is 1060. The second kappa shape index (κ2) is 20.5. The van der Waals surface area contributed by atoms with Crippen molar-refractivity contribution < 1.29 is 51.1 Å². The normalized spacial score (nSPS) is 12.7. The number of imide groups is 1. The van der Waals surface area contributed by atoms with Crippen LogP contribution in [0, 0.1) is 30.2 Å². The molecule has 0 bridgehead atoms. The van der Waals surface area contributed by atoms with Gasteiger partial charge in [0, 0.05) is 45.3 Å². The fourth-order valence-corrected chi connectivity index (χ4v) is 2.30. The van der Waals surface area contributed by atoms with Crippen LogP contribution in [0.2, 0.25) is 0 Å². The van der Waals surface area contributed by atoms with Gasteiger partial charge in [0.05, 0.1) is 5.70 Å². The number of nitrogens with one attached hydrogen (secondary N) is 2. The van der Waals surface area contributed by atoms with E-state index in [0.29, 0.717) is 18.5 Å². The molecule has 0 aromatic heterocycles. The van der Waals surface area contributed by atoms with Crippen molar-refractivity contribution in [2.24, 2.45) is 0 Å². The maximum Gasteiger partial charge on any atom is 0.431 e. The number of allylic oxidation sites excluding steroid dienone is 1. The fourth-order valence-electron chi connectivity index (χ4n) is 2.30. The lowest BCUT2D eigenvalue weighted by molar-refractivity contribution is -0.151. The summed E-state index contributed by atoms with van der Waals surface area (Å²) in [6.07, 6.45) is 1.52. The molecule has 41 heavy (non-hydrogen) atoms. The number of ether oxygens (including phenoxy) is 1. The number of rotatable bonds is 2. The van der Waals surface area contributed by atoms with E-state index in [-0.39, 0.29) is 25.1 Å². The van der Waals surface area contributed by atoms with Crippen LogP contribution in [0.15, 0.2) is 24.4 Å². The number of carbonyl (C=O) groups excluding carboxylic acids is 5. The third-order valence-electron chi connectivity index (χ3n) is 4.39. The summed E-state index contributed by atoms with van der Waals surface area (Å²) in [6.45, 7) is 12.4. The third kappa shape index (κ3) is 12.1. The molecule has 1 saturated heterocycles. The lowest BCUT2D eigenvalue weighted by Crippen LogP contribution is -2.31. The number of benzene rings is 1. The number of hydrogen-bond donors (Lipinski definition) is 2. The van der Waals surface area contributed by atoms with Crippen LogP contribution in [-0.2, 0) is 19.2 Å². The first-order valence-corrected chi connectivity index (χ1v) is 11.9. The van der Waals surface area contributed by atoms with Gasteiger partial charge in [-0.3, -0.25) is 19.3 Å². The average Bonchev–Trinajstić information content (AvgIpc) is 3.45. The molecule has 0 atom stereocenters. The quantitative estimate of drug-likeness (QED) is 0.283. The molecule has 0 saturated carbocycles. The molecule has 232 valence electrons. The van der Waals surface area contributed by atoms with Crippen molar-refractivity contribution in [3.8, 4) is 5.75 Å². The monoisotopic (exact) mass is 594 g/mol. The molecular formula is C26H38F4N4O7. The van der Waals surface area contributed by atoms with Gasteiger partial charge in [0.1, 0.15) is 0 Å². The molecule has 3 rings (SSSR count).